The Balaban J connectivity index is 2.09. The van der Waals surface area contributed by atoms with Gasteiger partial charge in [-0.05, 0) is 54.5 Å². The minimum absolute atomic E-state index is 0.968. The van der Waals surface area contributed by atoms with Crippen LogP contribution in [-0.2, 0) is 6.42 Å². The molecule has 0 atom stereocenters. The van der Waals surface area contributed by atoms with Crippen LogP contribution in [0.2, 0.25) is 0 Å². The molecule has 20 heavy (non-hydrogen) atoms. The molecular formula is C19H17N. The summed E-state index contributed by atoms with van der Waals surface area (Å²) in [5.74, 6) is 0. The third-order valence-electron chi connectivity index (χ3n) is 4.47. The Labute approximate surface area is 119 Å². The molecule has 1 nitrogen and oxygen atoms in total. The van der Waals surface area contributed by atoms with Crippen LogP contribution in [0.4, 0.5) is 0 Å². The quantitative estimate of drug-likeness (QED) is 0.445. The van der Waals surface area contributed by atoms with Gasteiger partial charge in [0.25, 0.3) is 0 Å². The van der Waals surface area contributed by atoms with E-state index < -0.39 is 0 Å². The maximum atomic E-state index is 4.70. The van der Waals surface area contributed by atoms with Crippen molar-refractivity contribution in [1.29, 1.82) is 0 Å². The molecule has 1 aromatic heterocycles. The van der Waals surface area contributed by atoms with Gasteiger partial charge in [-0.3, -0.25) is 4.98 Å². The number of hydrogen-bond donors (Lipinski definition) is 0. The van der Waals surface area contributed by atoms with Crippen molar-refractivity contribution in [2.75, 3.05) is 0 Å². The Hall–Kier alpha value is -2.15. The molecule has 1 aliphatic carbocycles. The average Bonchev–Trinajstić information content (AvgIpc) is 2.77. The number of benzene rings is 2. The van der Waals surface area contributed by atoms with E-state index in [1.54, 1.807) is 0 Å². The fourth-order valence-corrected chi connectivity index (χ4v) is 3.25. The van der Waals surface area contributed by atoms with Gasteiger partial charge in [-0.1, -0.05) is 29.8 Å². The smallest absolute Gasteiger partial charge is 0.0532 e. The number of fused-ring (bicyclic) bond motifs is 5. The molecule has 0 spiro atoms. The van der Waals surface area contributed by atoms with Crippen LogP contribution in [0, 0.1) is 20.8 Å². The first kappa shape index (κ1) is 11.7. The summed E-state index contributed by atoms with van der Waals surface area (Å²) in [7, 11) is 0. The van der Waals surface area contributed by atoms with E-state index in [1.165, 1.54) is 49.8 Å². The van der Waals surface area contributed by atoms with Crippen LogP contribution in [0.15, 0.2) is 36.5 Å². The van der Waals surface area contributed by atoms with Gasteiger partial charge in [-0.15, -0.1) is 0 Å². The highest BCUT2D eigenvalue weighted by atomic mass is 14.7. The van der Waals surface area contributed by atoms with Crippen molar-refractivity contribution in [3.8, 4) is 11.1 Å². The molecule has 2 aromatic carbocycles. The Morgan fingerprint density at radius 2 is 1.75 bits per heavy atom. The second kappa shape index (κ2) is 3.92. The van der Waals surface area contributed by atoms with Gasteiger partial charge < -0.3 is 0 Å². The Bertz CT molecular complexity index is 859. The molecule has 1 heterocycles. The van der Waals surface area contributed by atoms with E-state index in [2.05, 4.69) is 51.1 Å². The van der Waals surface area contributed by atoms with Crippen LogP contribution < -0.4 is 0 Å². The zero-order chi connectivity index (χ0) is 13.9. The molecule has 0 N–H and O–H groups in total. The molecule has 3 aromatic rings. The topological polar surface area (TPSA) is 12.9 Å². The first-order valence-electron chi connectivity index (χ1n) is 7.12. The minimum Gasteiger partial charge on any atom is -0.260 e. The summed E-state index contributed by atoms with van der Waals surface area (Å²) in [6.45, 7) is 6.51. The largest absolute Gasteiger partial charge is 0.260 e. The van der Waals surface area contributed by atoms with Crippen LogP contribution >= 0.6 is 0 Å². The minimum atomic E-state index is 0.968. The number of hydrogen-bond acceptors (Lipinski definition) is 1. The van der Waals surface area contributed by atoms with E-state index in [0.717, 1.165) is 6.42 Å². The van der Waals surface area contributed by atoms with Gasteiger partial charge in [0, 0.05) is 23.6 Å². The monoisotopic (exact) mass is 259 g/mol. The molecule has 0 unspecified atom stereocenters. The summed E-state index contributed by atoms with van der Waals surface area (Å²) in [5.41, 5.74) is 9.39. The summed E-state index contributed by atoms with van der Waals surface area (Å²) in [5, 5.41) is 2.58. The Kier molecular flexibility index (Phi) is 2.29. The summed E-state index contributed by atoms with van der Waals surface area (Å²) in [4.78, 5) is 4.70. The highest BCUT2D eigenvalue weighted by molar-refractivity contribution is 6.00. The van der Waals surface area contributed by atoms with E-state index in [9.17, 15) is 0 Å². The number of rotatable bonds is 0. The predicted molar refractivity (Wildman–Crippen MR) is 84.2 cm³/mol. The van der Waals surface area contributed by atoms with Crippen molar-refractivity contribution in [2.24, 2.45) is 0 Å². The van der Waals surface area contributed by atoms with Crippen molar-refractivity contribution in [3.63, 3.8) is 0 Å². The number of nitrogens with zero attached hydrogens (tertiary/aromatic N) is 1. The van der Waals surface area contributed by atoms with Crippen molar-refractivity contribution in [2.45, 2.75) is 27.2 Å². The Morgan fingerprint density at radius 3 is 2.60 bits per heavy atom. The predicted octanol–water partition coefficient (Wildman–Crippen LogP) is 4.73. The third-order valence-corrected chi connectivity index (χ3v) is 4.47. The normalized spacial score (nSPS) is 12.6. The highest BCUT2D eigenvalue weighted by Crippen LogP contribution is 2.41. The highest BCUT2D eigenvalue weighted by Gasteiger charge is 2.22. The van der Waals surface area contributed by atoms with E-state index in [1.807, 2.05) is 6.20 Å². The fraction of sp³-hybridized carbons (Fsp3) is 0.211. The van der Waals surface area contributed by atoms with Gasteiger partial charge in [0.1, 0.15) is 0 Å². The lowest BCUT2D eigenvalue weighted by Crippen LogP contribution is -1.88. The lowest BCUT2D eigenvalue weighted by Gasteiger charge is -2.08. The van der Waals surface area contributed by atoms with Crippen LogP contribution in [0.25, 0.3) is 21.9 Å². The van der Waals surface area contributed by atoms with Crippen LogP contribution in [-0.4, -0.2) is 4.98 Å². The molecule has 98 valence electrons. The molecule has 1 heteroatoms. The van der Waals surface area contributed by atoms with E-state index in [4.69, 9.17) is 4.98 Å². The van der Waals surface area contributed by atoms with Gasteiger partial charge >= 0.3 is 0 Å². The van der Waals surface area contributed by atoms with Crippen LogP contribution in [0.5, 0.6) is 0 Å². The summed E-state index contributed by atoms with van der Waals surface area (Å²) >= 11 is 0. The number of pyridine rings is 1. The van der Waals surface area contributed by atoms with Gasteiger partial charge in [-0.2, -0.15) is 0 Å². The molecule has 1 aliphatic rings. The zero-order valence-electron chi connectivity index (χ0n) is 12.1. The molecule has 0 saturated heterocycles. The molecule has 0 radical (unpaired) electrons. The molecule has 0 fully saturated rings. The van der Waals surface area contributed by atoms with Crippen LogP contribution in [0.1, 0.15) is 27.9 Å². The molecule has 0 saturated carbocycles. The van der Waals surface area contributed by atoms with Gasteiger partial charge in [0.15, 0.2) is 0 Å². The van der Waals surface area contributed by atoms with Gasteiger partial charge in [0.2, 0.25) is 0 Å². The Morgan fingerprint density at radius 1 is 0.950 bits per heavy atom. The first-order chi connectivity index (χ1) is 9.63. The van der Waals surface area contributed by atoms with Gasteiger partial charge in [-0.25, -0.2) is 0 Å². The zero-order valence-corrected chi connectivity index (χ0v) is 12.1. The summed E-state index contributed by atoms with van der Waals surface area (Å²) < 4.78 is 0. The third kappa shape index (κ3) is 1.53. The van der Waals surface area contributed by atoms with Crippen molar-refractivity contribution in [3.05, 3.63) is 64.5 Å². The first-order valence-corrected chi connectivity index (χ1v) is 7.12. The number of aromatic nitrogens is 1. The lowest BCUT2D eigenvalue weighted by molar-refractivity contribution is 1.13. The fourth-order valence-electron chi connectivity index (χ4n) is 3.25. The second-order valence-electron chi connectivity index (χ2n) is 5.94. The van der Waals surface area contributed by atoms with Crippen molar-refractivity contribution >= 4 is 10.8 Å². The van der Waals surface area contributed by atoms with E-state index in [0.29, 0.717) is 0 Å². The van der Waals surface area contributed by atoms with Crippen molar-refractivity contribution in [1.82, 2.24) is 4.98 Å². The summed E-state index contributed by atoms with van der Waals surface area (Å²) in [6, 6.07) is 11.3. The number of aryl methyl sites for hydroxylation is 3. The molecule has 0 amide bonds. The van der Waals surface area contributed by atoms with E-state index >= 15 is 0 Å². The molecule has 0 aliphatic heterocycles. The van der Waals surface area contributed by atoms with Crippen molar-refractivity contribution < 1.29 is 0 Å². The average molecular weight is 259 g/mol. The standard InChI is InChI=1S/C19H17N/c1-11-4-5-16-15(6-11)10-20-18-9-14-7-12(2)13(3)8-17(14)19(16)18/h4-8,10H,9H2,1-3H3. The molecule has 4 rings (SSSR count). The van der Waals surface area contributed by atoms with Crippen LogP contribution in [0.3, 0.4) is 0 Å². The maximum absolute atomic E-state index is 4.70. The van der Waals surface area contributed by atoms with Gasteiger partial charge in [0.05, 0.1) is 5.69 Å². The maximum Gasteiger partial charge on any atom is 0.0532 e. The molecule has 0 bridgehead atoms. The second-order valence-corrected chi connectivity index (χ2v) is 5.94. The summed E-state index contributed by atoms with van der Waals surface area (Å²) in [6.07, 6.45) is 2.99. The molecular weight excluding hydrogens is 242 g/mol. The lowest BCUT2D eigenvalue weighted by atomic mass is 9.97. The SMILES string of the molecule is Cc1ccc2c3c(ncc2c1)Cc1cc(C)c(C)cc1-3. The van der Waals surface area contributed by atoms with E-state index in [-0.39, 0.29) is 0 Å².